The molecule has 0 aliphatic carbocycles. The van der Waals surface area contributed by atoms with Crippen molar-refractivity contribution in [2.45, 2.75) is 20.3 Å². The van der Waals surface area contributed by atoms with Crippen LogP contribution in [0.1, 0.15) is 30.6 Å². The van der Waals surface area contributed by atoms with Gasteiger partial charge in [0.25, 0.3) is 0 Å². The maximum absolute atomic E-state index is 10.9. The van der Waals surface area contributed by atoms with E-state index in [1.165, 1.54) is 6.07 Å². The predicted molar refractivity (Wildman–Crippen MR) is 70.5 cm³/mol. The first-order chi connectivity index (χ1) is 7.95. The molecule has 0 spiro atoms. The molecule has 0 bridgehead atoms. The molecule has 1 aromatic rings. The Morgan fingerprint density at radius 3 is 2.71 bits per heavy atom. The first kappa shape index (κ1) is 13.4. The molecule has 3 N–H and O–H groups in total. The van der Waals surface area contributed by atoms with Crippen molar-refractivity contribution >= 4 is 17.3 Å². The molecule has 0 saturated carbocycles. The van der Waals surface area contributed by atoms with Gasteiger partial charge in [-0.2, -0.15) is 0 Å². The molecule has 0 amide bonds. The Kier molecular flexibility index (Phi) is 4.37. The summed E-state index contributed by atoms with van der Waals surface area (Å²) in [4.78, 5) is 12.9. The summed E-state index contributed by atoms with van der Waals surface area (Å²) in [5.41, 5.74) is 7.54. The Bertz CT molecular complexity index is 404. The second-order valence-corrected chi connectivity index (χ2v) is 4.47. The van der Waals surface area contributed by atoms with Crippen molar-refractivity contribution in [1.29, 1.82) is 0 Å². The molecular weight excluding hydrogens is 216 g/mol. The van der Waals surface area contributed by atoms with Gasteiger partial charge < -0.3 is 15.7 Å². The molecule has 0 fully saturated rings. The van der Waals surface area contributed by atoms with Crippen LogP contribution < -0.4 is 10.6 Å². The molecule has 0 radical (unpaired) electrons. The smallest absolute Gasteiger partial charge is 0.335 e. The minimum Gasteiger partial charge on any atom is -0.478 e. The Balaban J connectivity index is 2.95. The highest BCUT2D eigenvalue weighted by Gasteiger charge is 2.11. The van der Waals surface area contributed by atoms with Gasteiger partial charge in [0, 0.05) is 13.6 Å². The molecule has 17 heavy (non-hydrogen) atoms. The molecule has 0 aliphatic heterocycles. The Labute approximate surface area is 102 Å². The van der Waals surface area contributed by atoms with Gasteiger partial charge in [0.2, 0.25) is 0 Å². The third-order valence-corrected chi connectivity index (χ3v) is 2.97. The number of anilines is 2. The number of carbonyl (C=O) groups is 1. The average Bonchev–Trinajstić information content (AvgIpc) is 2.28. The summed E-state index contributed by atoms with van der Waals surface area (Å²) < 4.78 is 0. The van der Waals surface area contributed by atoms with Crippen LogP contribution >= 0.6 is 0 Å². The topological polar surface area (TPSA) is 66.6 Å². The van der Waals surface area contributed by atoms with Gasteiger partial charge >= 0.3 is 5.97 Å². The highest BCUT2D eigenvalue weighted by Crippen LogP contribution is 2.24. The SMILES string of the molecule is CCC(C)CN(C)c1cc(C(=O)O)ccc1N. The lowest BCUT2D eigenvalue weighted by atomic mass is 10.1. The maximum atomic E-state index is 10.9. The maximum Gasteiger partial charge on any atom is 0.335 e. The summed E-state index contributed by atoms with van der Waals surface area (Å²) in [5.74, 6) is -0.379. The van der Waals surface area contributed by atoms with Gasteiger partial charge in [-0.05, 0) is 24.1 Å². The van der Waals surface area contributed by atoms with Crippen LogP contribution in [0.2, 0.25) is 0 Å². The summed E-state index contributed by atoms with van der Waals surface area (Å²) in [7, 11) is 1.93. The van der Waals surface area contributed by atoms with Crippen LogP contribution in [-0.4, -0.2) is 24.7 Å². The number of nitrogens with two attached hydrogens (primary N) is 1. The van der Waals surface area contributed by atoms with E-state index in [0.29, 0.717) is 11.6 Å². The number of benzene rings is 1. The highest BCUT2D eigenvalue weighted by atomic mass is 16.4. The van der Waals surface area contributed by atoms with Crippen molar-refractivity contribution in [3.05, 3.63) is 23.8 Å². The van der Waals surface area contributed by atoms with Crippen LogP contribution in [0, 0.1) is 5.92 Å². The van der Waals surface area contributed by atoms with Crippen molar-refractivity contribution in [2.24, 2.45) is 5.92 Å². The van der Waals surface area contributed by atoms with Gasteiger partial charge in [-0.25, -0.2) is 4.79 Å². The number of carboxylic acid groups (broad SMARTS) is 1. The summed E-state index contributed by atoms with van der Waals surface area (Å²) in [6, 6.07) is 4.80. The second kappa shape index (κ2) is 5.57. The van der Waals surface area contributed by atoms with Crippen LogP contribution in [0.25, 0.3) is 0 Å². The van der Waals surface area contributed by atoms with E-state index >= 15 is 0 Å². The fourth-order valence-electron chi connectivity index (χ4n) is 1.70. The number of rotatable bonds is 5. The number of nitrogens with zero attached hydrogens (tertiary/aromatic N) is 1. The van der Waals surface area contributed by atoms with Crippen LogP contribution in [0.3, 0.4) is 0 Å². The molecule has 4 heteroatoms. The largest absolute Gasteiger partial charge is 0.478 e. The molecule has 1 aromatic carbocycles. The van der Waals surface area contributed by atoms with Gasteiger partial charge in [0.1, 0.15) is 0 Å². The van der Waals surface area contributed by atoms with Gasteiger partial charge in [-0.3, -0.25) is 0 Å². The third-order valence-electron chi connectivity index (χ3n) is 2.97. The normalized spacial score (nSPS) is 12.2. The molecule has 4 nitrogen and oxygen atoms in total. The van der Waals surface area contributed by atoms with Crippen molar-refractivity contribution in [2.75, 3.05) is 24.2 Å². The molecule has 0 aliphatic rings. The number of nitrogen functional groups attached to an aromatic ring is 1. The quantitative estimate of drug-likeness (QED) is 0.771. The summed E-state index contributed by atoms with van der Waals surface area (Å²) in [6.45, 7) is 5.16. The predicted octanol–water partition coefficient (Wildman–Crippen LogP) is 2.45. The Morgan fingerprint density at radius 2 is 2.18 bits per heavy atom. The average molecular weight is 236 g/mol. The van der Waals surface area contributed by atoms with Gasteiger partial charge in [-0.15, -0.1) is 0 Å². The Hall–Kier alpha value is -1.71. The summed E-state index contributed by atoms with van der Waals surface area (Å²) >= 11 is 0. The zero-order valence-electron chi connectivity index (χ0n) is 10.6. The lowest BCUT2D eigenvalue weighted by molar-refractivity contribution is 0.0697. The highest BCUT2D eigenvalue weighted by molar-refractivity contribution is 5.90. The van der Waals surface area contributed by atoms with Gasteiger partial charge in [0.15, 0.2) is 0 Å². The van der Waals surface area contributed by atoms with E-state index in [2.05, 4.69) is 13.8 Å². The molecule has 1 unspecified atom stereocenters. The molecular formula is C13H20N2O2. The zero-order chi connectivity index (χ0) is 13.0. The fraction of sp³-hybridized carbons (Fsp3) is 0.462. The number of hydrogen-bond donors (Lipinski definition) is 2. The van der Waals surface area contributed by atoms with E-state index in [0.717, 1.165) is 18.7 Å². The molecule has 94 valence electrons. The first-order valence-corrected chi connectivity index (χ1v) is 5.79. The van der Waals surface area contributed by atoms with E-state index in [-0.39, 0.29) is 5.56 Å². The van der Waals surface area contributed by atoms with Crippen molar-refractivity contribution in [3.63, 3.8) is 0 Å². The first-order valence-electron chi connectivity index (χ1n) is 5.79. The van der Waals surface area contributed by atoms with E-state index in [1.807, 2.05) is 11.9 Å². The summed E-state index contributed by atoms with van der Waals surface area (Å²) in [6.07, 6.45) is 1.09. The minimum atomic E-state index is -0.928. The van der Waals surface area contributed by atoms with E-state index in [4.69, 9.17) is 10.8 Å². The van der Waals surface area contributed by atoms with Crippen LogP contribution in [0.15, 0.2) is 18.2 Å². The molecule has 1 rings (SSSR count). The second-order valence-electron chi connectivity index (χ2n) is 4.47. The van der Waals surface area contributed by atoms with E-state index in [9.17, 15) is 4.79 Å². The van der Waals surface area contributed by atoms with Gasteiger partial charge in [0.05, 0.1) is 16.9 Å². The monoisotopic (exact) mass is 236 g/mol. The van der Waals surface area contributed by atoms with E-state index in [1.54, 1.807) is 12.1 Å². The number of carboxylic acids is 1. The van der Waals surface area contributed by atoms with Crippen molar-refractivity contribution in [3.8, 4) is 0 Å². The van der Waals surface area contributed by atoms with Gasteiger partial charge in [-0.1, -0.05) is 20.3 Å². The molecule has 1 atom stereocenters. The Morgan fingerprint density at radius 1 is 1.53 bits per heavy atom. The third kappa shape index (κ3) is 3.37. The lowest BCUT2D eigenvalue weighted by Gasteiger charge is -2.24. The van der Waals surface area contributed by atoms with Crippen LogP contribution in [0.5, 0.6) is 0 Å². The molecule has 0 aromatic heterocycles. The molecule has 0 saturated heterocycles. The number of aromatic carboxylic acids is 1. The zero-order valence-corrected chi connectivity index (χ0v) is 10.6. The lowest BCUT2D eigenvalue weighted by Crippen LogP contribution is -2.24. The van der Waals surface area contributed by atoms with Crippen LogP contribution in [0.4, 0.5) is 11.4 Å². The minimum absolute atomic E-state index is 0.269. The van der Waals surface area contributed by atoms with Crippen molar-refractivity contribution in [1.82, 2.24) is 0 Å². The number of hydrogen-bond acceptors (Lipinski definition) is 3. The van der Waals surface area contributed by atoms with Crippen molar-refractivity contribution < 1.29 is 9.90 Å². The summed E-state index contributed by atoms with van der Waals surface area (Å²) in [5, 5.41) is 8.95. The standard InChI is InChI=1S/C13H20N2O2/c1-4-9(2)8-15(3)12-7-10(13(16)17)5-6-11(12)14/h5-7,9H,4,8,14H2,1-3H3,(H,16,17). The van der Waals surface area contributed by atoms with Crippen LogP contribution in [-0.2, 0) is 0 Å². The van der Waals surface area contributed by atoms with E-state index < -0.39 is 5.97 Å². The molecule has 0 heterocycles. The fourth-order valence-corrected chi connectivity index (χ4v) is 1.70.